The van der Waals surface area contributed by atoms with Gasteiger partial charge in [-0.15, -0.1) is 0 Å². The van der Waals surface area contributed by atoms with Gasteiger partial charge in [-0.2, -0.15) is 21.0 Å². The number of nitrogens with zero attached hydrogens (tertiary/aromatic N) is 4. The smallest absolute Gasteiger partial charge is 0.184 e. The van der Waals surface area contributed by atoms with Crippen molar-refractivity contribution in [3.05, 3.63) is 56.1 Å². The summed E-state index contributed by atoms with van der Waals surface area (Å²) < 4.78 is 91.3. The van der Waals surface area contributed by atoms with E-state index >= 15 is 8.78 Å². The molecule has 5 rings (SSSR count). The normalized spacial score (nSPS) is 13.3. The molecule has 0 bridgehead atoms. The number of nitriles is 4. The molecule has 0 aromatic heterocycles. The van der Waals surface area contributed by atoms with Crippen LogP contribution < -0.4 is 10.6 Å². The molecule has 3 aromatic carbocycles. The van der Waals surface area contributed by atoms with Crippen molar-refractivity contribution in [1.29, 1.82) is 21.0 Å². The second-order valence-electron chi connectivity index (χ2n) is 7.10. The first kappa shape index (κ1) is 23.3. The van der Waals surface area contributed by atoms with Crippen LogP contribution in [-0.4, -0.2) is 0 Å². The minimum Gasteiger partial charge on any atom is -0.347 e. The number of hydrogen-bond acceptors (Lipinski definition) is 8. The van der Waals surface area contributed by atoms with E-state index in [4.69, 9.17) is 21.0 Å². The molecule has 36 heavy (non-hydrogen) atoms. The van der Waals surface area contributed by atoms with E-state index in [9.17, 15) is 17.6 Å². The third-order valence-electron chi connectivity index (χ3n) is 5.34. The maximum Gasteiger partial charge on any atom is 0.184 e. The van der Waals surface area contributed by atoms with Crippen molar-refractivity contribution in [1.82, 2.24) is 0 Å². The van der Waals surface area contributed by atoms with Gasteiger partial charge in [-0.05, 0) is 0 Å². The molecule has 2 heterocycles. The lowest BCUT2D eigenvalue weighted by Crippen LogP contribution is -2.04. The van der Waals surface area contributed by atoms with Crippen LogP contribution in [0.4, 0.5) is 37.7 Å². The molecule has 6 nitrogen and oxygen atoms in total. The molecule has 0 fully saturated rings. The molecule has 2 aliphatic rings. The van der Waals surface area contributed by atoms with Gasteiger partial charge < -0.3 is 10.6 Å². The Morgan fingerprint density at radius 3 is 1.50 bits per heavy atom. The second-order valence-corrected chi connectivity index (χ2v) is 9.14. The topological polar surface area (TPSA) is 119 Å². The monoisotopic (exact) mass is 528 g/mol. The van der Waals surface area contributed by atoms with Crippen LogP contribution in [0.5, 0.6) is 0 Å². The summed E-state index contributed by atoms with van der Waals surface area (Å²) in [5, 5.41) is 36.2. The summed E-state index contributed by atoms with van der Waals surface area (Å²) in [6.07, 6.45) is 0. The molecular formula is C22H2F6N6S2. The van der Waals surface area contributed by atoms with E-state index in [2.05, 4.69) is 10.6 Å². The summed E-state index contributed by atoms with van der Waals surface area (Å²) in [5.74, 6) is -10.4. The fraction of sp³-hybridized carbons (Fsp3) is 0. The summed E-state index contributed by atoms with van der Waals surface area (Å²) in [7, 11) is 0. The first-order valence-electron chi connectivity index (χ1n) is 9.34. The van der Waals surface area contributed by atoms with E-state index in [0.29, 0.717) is 23.5 Å². The van der Waals surface area contributed by atoms with Gasteiger partial charge in [0.25, 0.3) is 0 Å². The number of benzene rings is 3. The molecule has 0 unspecified atom stereocenters. The lowest BCUT2D eigenvalue weighted by atomic mass is 9.98. The molecule has 0 aliphatic carbocycles. The van der Waals surface area contributed by atoms with Gasteiger partial charge in [0.2, 0.25) is 0 Å². The molecule has 2 N–H and O–H groups in total. The molecular weight excluding hydrogens is 526 g/mol. The van der Waals surface area contributed by atoms with Gasteiger partial charge in [0.15, 0.2) is 34.4 Å². The van der Waals surface area contributed by atoms with E-state index in [1.807, 2.05) is 0 Å². The quantitative estimate of drug-likeness (QED) is 0.196. The van der Waals surface area contributed by atoms with Crippen LogP contribution in [0.25, 0.3) is 21.5 Å². The highest BCUT2D eigenvalue weighted by Crippen LogP contribution is 2.54. The zero-order valence-electron chi connectivity index (χ0n) is 16.9. The highest BCUT2D eigenvalue weighted by Gasteiger charge is 2.37. The minimum absolute atomic E-state index is 0.273. The largest absolute Gasteiger partial charge is 0.347 e. The average molecular weight is 528 g/mol. The zero-order valence-corrected chi connectivity index (χ0v) is 18.5. The summed E-state index contributed by atoms with van der Waals surface area (Å²) >= 11 is 0.850. The second kappa shape index (κ2) is 8.03. The van der Waals surface area contributed by atoms with Gasteiger partial charge in [-0.3, -0.25) is 0 Å². The molecule has 0 radical (unpaired) electrons. The van der Waals surface area contributed by atoms with Crippen molar-refractivity contribution >= 4 is 56.4 Å². The number of nitrogens with one attached hydrogen (secondary N) is 2. The van der Waals surface area contributed by atoms with Gasteiger partial charge in [0.1, 0.15) is 46.0 Å². The molecule has 0 saturated heterocycles. The number of rotatable bonds is 0. The number of thioether (sulfide) groups is 2. The maximum absolute atomic E-state index is 16.0. The molecule has 0 saturated carbocycles. The third kappa shape index (κ3) is 2.86. The molecule has 174 valence electrons. The summed E-state index contributed by atoms with van der Waals surface area (Å²) in [5.41, 5.74) is -2.30. The highest BCUT2D eigenvalue weighted by molar-refractivity contribution is 8.04. The first-order chi connectivity index (χ1) is 17.2. The van der Waals surface area contributed by atoms with Gasteiger partial charge >= 0.3 is 0 Å². The minimum atomic E-state index is -1.91. The lowest BCUT2D eigenvalue weighted by Gasteiger charge is -2.15. The SMILES string of the molecule is N#CC(C#N)=C1Nc2c(c(F)c(F)c3c(F)c4c(F)c(F)c5c(c4c(F)c23)SC(=C(C#N)C#N)N5)S1. The van der Waals surface area contributed by atoms with Crippen LogP contribution in [-0.2, 0) is 0 Å². The fourth-order valence-electron chi connectivity index (χ4n) is 3.82. The molecule has 0 atom stereocenters. The Morgan fingerprint density at radius 2 is 0.944 bits per heavy atom. The van der Waals surface area contributed by atoms with Gasteiger partial charge in [0.05, 0.1) is 31.9 Å². The molecule has 0 spiro atoms. The predicted octanol–water partition coefficient (Wildman–Crippen LogP) is 6.38. The average Bonchev–Trinajstić information content (AvgIpc) is 3.49. The van der Waals surface area contributed by atoms with Gasteiger partial charge in [-0.25, -0.2) is 26.3 Å². The van der Waals surface area contributed by atoms with Crippen LogP contribution in [0.2, 0.25) is 0 Å². The Kier molecular flexibility index (Phi) is 5.19. The molecule has 3 aromatic rings. The van der Waals surface area contributed by atoms with E-state index in [1.165, 1.54) is 24.3 Å². The Balaban J connectivity index is 1.97. The van der Waals surface area contributed by atoms with Crippen molar-refractivity contribution in [2.75, 3.05) is 10.6 Å². The van der Waals surface area contributed by atoms with Crippen molar-refractivity contribution in [3.63, 3.8) is 0 Å². The van der Waals surface area contributed by atoms with E-state index in [1.54, 1.807) is 0 Å². The standard InChI is InChI=1S/C22H2F6N6S2/c23-11-7-9(17-20(16(28)14(7)26)36-21(33-17)5(1-29)2-30)12(24)10-8(11)13(25)15(27)18-19(10)35-22(34-18)6(3-31)4-32/h33-34H. The molecule has 2 aliphatic heterocycles. The van der Waals surface area contributed by atoms with E-state index in [0.717, 1.165) is 0 Å². The number of allylic oxidation sites excluding steroid dienone is 2. The van der Waals surface area contributed by atoms with E-state index in [-0.39, 0.29) is 10.1 Å². The zero-order chi connectivity index (χ0) is 26.0. The Labute approximate surface area is 204 Å². The maximum atomic E-state index is 16.0. The lowest BCUT2D eigenvalue weighted by molar-refractivity contribution is 0.494. The Hall–Kier alpha value is -4.50. The Morgan fingerprint density at radius 1 is 0.500 bits per heavy atom. The van der Waals surface area contributed by atoms with Gasteiger partial charge in [0, 0.05) is 10.8 Å². The highest BCUT2D eigenvalue weighted by atomic mass is 32.2. The van der Waals surface area contributed by atoms with Crippen LogP contribution in [0, 0.1) is 80.2 Å². The predicted molar refractivity (Wildman–Crippen MR) is 117 cm³/mol. The molecule has 0 amide bonds. The van der Waals surface area contributed by atoms with Crippen molar-refractivity contribution in [2.45, 2.75) is 9.79 Å². The fourth-order valence-corrected chi connectivity index (χ4v) is 5.89. The van der Waals surface area contributed by atoms with Crippen LogP contribution in [0.3, 0.4) is 0 Å². The van der Waals surface area contributed by atoms with Crippen molar-refractivity contribution in [2.24, 2.45) is 0 Å². The number of hydrogen-bond donors (Lipinski definition) is 2. The summed E-state index contributed by atoms with van der Waals surface area (Å²) in [6, 6.07) is 6.12. The van der Waals surface area contributed by atoms with Crippen LogP contribution in [0.1, 0.15) is 0 Å². The third-order valence-corrected chi connectivity index (χ3v) is 7.56. The van der Waals surface area contributed by atoms with Gasteiger partial charge in [-0.1, -0.05) is 23.5 Å². The van der Waals surface area contributed by atoms with Crippen molar-refractivity contribution < 1.29 is 26.3 Å². The Bertz CT molecular complexity index is 1690. The van der Waals surface area contributed by atoms with E-state index < -0.39 is 88.8 Å². The summed E-state index contributed by atoms with van der Waals surface area (Å²) in [4.78, 5) is -1.02. The van der Waals surface area contributed by atoms with Crippen LogP contribution >= 0.6 is 23.5 Å². The van der Waals surface area contributed by atoms with Crippen molar-refractivity contribution in [3.8, 4) is 24.3 Å². The number of fused-ring (bicyclic) bond motifs is 6. The first-order valence-corrected chi connectivity index (χ1v) is 11.0. The summed E-state index contributed by atoms with van der Waals surface area (Å²) in [6.45, 7) is 0. The van der Waals surface area contributed by atoms with Crippen LogP contribution in [0.15, 0.2) is 31.0 Å². The number of anilines is 2. The molecule has 14 heteroatoms. The number of halogens is 6.